The Balaban J connectivity index is 1.35. The number of halogens is 1. The van der Waals surface area contributed by atoms with Crippen molar-refractivity contribution in [2.75, 3.05) is 0 Å². The lowest BCUT2D eigenvalue weighted by molar-refractivity contribution is -0.123. The number of imidazole rings is 1. The van der Waals surface area contributed by atoms with Crippen molar-refractivity contribution in [2.24, 2.45) is 5.10 Å². The van der Waals surface area contributed by atoms with Gasteiger partial charge in [-0.25, -0.2) is 15.2 Å². The molecule has 0 aliphatic heterocycles. The number of hydrogen-bond acceptors (Lipinski definition) is 6. The Hall–Kier alpha value is -4.18. The van der Waals surface area contributed by atoms with Crippen LogP contribution in [0.2, 0.25) is 0 Å². The molecule has 0 spiro atoms. The summed E-state index contributed by atoms with van der Waals surface area (Å²) in [5.41, 5.74) is 4.86. The molecular formula is C25H22BrN5O4. The van der Waals surface area contributed by atoms with Crippen LogP contribution in [0, 0.1) is 0 Å². The molecule has 0 bridgehead atoms. The fraction of sp³-hybridized carbons (Fsp3) is 0.120. The van der Waals surface area contributed by atoms with Gasteiger partial charge in [0.1, 0.15) is 24.2 Å². The number of nitrogens with zero attached hydrogens (tertiary/aromatic N) is 2. The molecule has 0 saturated heterocycles. The second kappa shape index (κ2) is 11.8. The third-order valence-corrected chi connectivity index (χ3v) is 5.45. The molecule has 0 aliphatic rings. The summed E-state index contributed by atoms with van der Waals surface area (Å²) in [7, 11) is 0. The van der Waals surface area contributed by atoms with Crippen LogP contribution in [0.25, 0.3) is 11.3 Å². The topological polar surface area (TPSA) is 122 Å². The van der Waals surface area contributed by atoms with Crippen LogP contribution in [0.3, 0.4) is 0 Å². The van der Waals surface area contributed by atoms with E-state index in [1.807, 2.05) is 60.7 Å². The van der Waals surface area contributed by atoms with Crippen molar-refractivity contribution in [1.82, 2.24) is 20.7 Å². The predicted octanol–water partition coefficient (Wildman–Crippen LogP) is 4.42. The van der Waals surface area contributed by atoms with Crippen LogP contribution in [0.5, 0.6) is 0 Å². The molecule has 35 heavy (non-hydrogen) atoms. The molecule has 2 aromatic heterocycles. The third-order valence-electron chi connectivity index (χ3n) is 4.92. The van der Waals surface area contributed by atoms with Gasteiger partial charge in [0, 0.05) is 28.3 Å². The number of ether oxygens (including phenoxy) is 1. The SMILES string of the molecule is O=C(N[C@@H](Cc1cnc[nH]1)C(=O)N/N=C\c1ccc(-c2ccc(Br)cc2)o1)OCc1ccccc1. The van der Waals surface area contributed by atoms with Crippen molar-refractivity contribution in [2.45, 2.75) is 19.1 Å². The normalized spacial score (nSPS) is 11.8. The molecule has 0 aliphatic carbocycles. The Morgan fingerprint density at radius 3 is 2.66 bits per heavy atom. The highest BCUT2D eigenvalue weighted by molar-refractivity contribution is 9.10. The number of alkyl carbamates (subject to hydrolysis) is 1. The van der Waals surface area contributed by atoms with Crippen molar-refractivity contribution in [3.63, 3.8) is 0 Å². The minimum atomic E-state index is -0.939. The summed E-state index contributed by atoms with van der Waals surface area (Å²) in [4.78, 5) is 31.9. The van der Waals surface area contributed by atoms with Crippen molar-refractivity contribution in [3.05, 3.63) is 101 Å². The van der Waals surface area contributed by atoms with E-state index in [2.05, 4.69) is 41.7 Å². The molecule has 2 heterocycles. The van der Waals surface area contributed by atoms with Crippen LogP contribution in [0.4, 0.5) is 4.79 Å². The van der Waals surface area contributed by atoms with Gasteiger partial charge < -0.3 is 19.5 Å². The number of benzene rings is 2. The molecule has 4 aromatic rings. The number of hydrogen-bond donors (Lipinski definition) is 3. The highest BCUT2D eigenvalue weighted by Gasteiger charge is 2.22. The highest BCUT2D eigenvalue weighted by Crippen LogP contribution is 2.23. The Bertz CT molecular complexity index is 1270. The fourth-order valence-electron chi connectivity index (χ4n) is 3.16. The van der Waals surface area contributed by atoms with Gasteiger partial charge in [-0.2, -0.15) is 5.10 Å². The van der Waals surface area contributed by atoms with Gasteiger partial charge in [-0.15, -0.1) is 0 Å². The lowest BCUT2D eigenvalue weighted by atomic mass is 10.1. The number of rotatable bonds is 9. The first-order valence-electron chi connectivity index (χ1n) is 10.7. The first kappa shape index (κ1) is 24.0. The van der Waals surface area contributed by atoms with Gasteiger partial charge in [-0.3, -0.25) is 4.79 Å². The number of H-pyrrole nitrogens is 1. The quantitative estimate of drug-likeness (QED) is 0.216. The van der Waals surface area contributed by atoms with Gasteiger partial charge in [0.2, 0.25) is 0 Å². The summed E-state index contributed by atoms with van der Waals surface area (Å²) in [6.07, 6.45) is 3.92. The van der Waals surface area contributed by atoms with Gasteiger partial charge >= 0.3 is 6.09 Å². The first-order chi connectivity index (χ1) is 17.1. The maximum Gasteiger partial charge on any atom is 0.408 e. The third kappa shape index (κ3) is 7.15. The van der Waals surface area contributed by atoms with Crippen LogP contribution in [-0.2, 0) is 22.6 Å². The van der Waals surface area contributed by atoms with Crippen molar-refractivity contribution >= 4 is 34.1 Å². The molecule has 3 N–H and O–H groups in total. The molecule has 4 rings (SSSR count). The van der Waals surface area contributed by atoms with Gasteiger partial charge in [0.15, 0.2) is 0 Å². The summed E-state index contributed by atoms with van der Waals surface area (Å²) in [5.74, 6) is 0.612. The number of carbonyl (C=O) groups is 2. The zero-order chi connectivity index (χ0) is 24.5. The molecule has 0 saturated carbocycles. The Kier molecular flexibility index (Phi) is 8.08. The van der Waals surface area contributed by atoms with E-state index in [-0.39, 0.29) is 13.0 Å². The largest absolute Gasteiger partial charge is 0.455 e. The van der Waals surface area contributed by atoms with E-state index in [4.69, 9.17) is 9.15 Å². The molecule has 0 fully saturated rings. The fourth-order valence-corrected chi connectivity index (χ4v) is 3.43. The van der Waals surface area contributed by atoms with Crippen LogP contribution in [0.1, 0.15) is 17.0 Å². The minimum absolute atomic E-state index is 0.0857. The Morgan fingerprint density at radius 2 is 1.91 bits per heavy atom. The second-order valence-electron chi connectivity index (χ2n) is 7.48. The highest BCUT2D eigenvalue weighted by atomic mass is 79.9. The van der Waals surface area contributed by atoms with Crippen LogP contribution in [0.15, 0.2) is 93.2 Å². The van der Waals surface area contributed by atoms with Gasteiger partial charge in [-0.05, 0) is 29.8 Å². The first-order valence-corrected chi connectivity index (χ1v) is 11.5. The van der Waals surface area contributed by atoms with Crippen molar-refractivity contribution in [1.29, 1.82) is 0 Å². The number of hydrazone groups is 1. The predicted molar refractivity (Wildman–Crippen MR) is 133 cm³/mol. The lowest BCUT2D eigenvalue weighted by Gasteiger charge is -2.16. The zero-order valence-corrected chi connectivity index (χ0v) is 20.1. The number of amides is 2. The number of furan rings is 1. The van der Waals surface area contributed by atoms with Gasteiger partial charge in [0.25, 0.3) is 5.91 Å². The number of carbonyl (C=O) groups excluding carboxylic acids is 2. The monoisotopic (exact) mass is 535 g/mol. The molecule has 9 nitrogen and oxygen atoms in total. The molecule has 178 valence electrons. The summed E-state index contributed by atoms with van der Waals surface area (Å²) >= 11 is 3.40. The molecule has 10 heteroatoms. The smallest absolute Gasteiger partial charge is 0.408 e. The van der Waals surface area contributed by atoms with Gasteiger partial charge in [0.05, 0.1) is 12.5 Å². The lowest BCUT2D eigenvalue weighted by Crippen LogP contribution is -2.47. The zero-order valence-electron chi connectivity index (χ0n) is 18.5. The maximum absolute atomic E-state index is 12.8. The molecule has 1 atom stereocenters. The summed E-state index contributed by atoms with van der Waals surface area (Å²) in [6.45, 7) is 0.0857. The van der Waals surface area contributed by atoms with Crippen LogP contribution < -0.4 is 10.7 Å². The van der Waals surface area contributed by atoms with E-state index >= 15 is 0 Å². The number of nitrogens with one attached hydrogen (secondary N) is 3. The van der Waals surface area contributed by atoms with E-state index < -0.39 is 18.0 Å². The Labute approximate surface area is 209 Å². The van der Waals surface area contributed by atoms with E-state index in [1.54, 1.807) is 12.3 Å². The average molecular weight is 536 g/mol. The standard InChI is InChI=1S/C25H22BrN5O4/c26-19-8-6-18(7-9-19)23-11-10-21(35-23)14-29-31-24(32)22(12-20-13-27-16-28-20)30-25(33)34-15-17-4-2-1-3-5-17/h1-11,13-14,16,22H,12,15H2,(H,27,28)(H,30,33)(H,31,32)/b29-14-/t22-/m0/s1. The minimum Gasteiger partial charge on any atom is -0.455 e. The van der Waals surface area contributed by atoms with E-state index in [0.717, 1.165) is 15.6 Å². The van der Waals surface area contributed by atoms with E-state index in [9.17, 15) is 9.59 Å². The molecular weight excluding hydrogens is 514 g/mol. The molecule has 2 amide bonds. The summed E-state index contributed by atoms with van der Waals surface area (Å²) < 4.78 is 12.0. The average Bonchev–Trinajstić information content (AvgIpc) is 3.56. The second-order valence-corrected chi connectivity index (χ2v) is 8.40. The maximum atomic E-state index is 12.8. The van der Waals surface area contributed by atoms with Crippen molar-refractivity contribution in [3.8, 4) is 11.3 Å². The number of aromatic amines is 1. The Morgan fingerprint density at radius 1 is 1.11 bits per heavy atom. The van der Waals surface area contributed by atoms with Crippen LogP contribution >= 0.6 is 15.9 Å². The van der Waals surface area contributed by atoms with Crippen molar-refractivity contribution < 1.29 is 18.7 Å². The van der Waals surface area contributed by atoms with E-state index in [0.29, 0.717) is 17.2 Å². The number of aromatic nitrogens is 2. The summed E-state index contributed by atoms with van der Waals surface area (Å²) in [6, 6.07) is 19.6. The van der Waals surface area contributed by atoms with Crippen LogP contribution in [-0.4, -0.2) is 34.2 Å². The van der Waals surface area contributed by atoms with Gasteiger partial charge in [-0.1, -0.05) is 58.4 Å². The molecule has 0 unspecified atom stereocenters. The van der Waals surface area contributed by atoms with E-state index in [1.165, 1.54) is 12.5 Å². The molecule has 0 radical (unpaired) electrons. The summed E-state index contributed by atoms with van der Waals surface area (Å²) in [5, 5.41) is 6.55. The molecule has 2 aromatic carbocycles.